The van der Waals surface area contributed by atoms with Crippen molar-refractivity contribution < 1.29 is 18.0 Å². The predicted octanol–water partition coefficient (Wildman–Crippen LogP) is 6.36. The van der Waals surface area contributed by atoms with Crippen molar-refractivity contribution in [2.24, 2.45) is 0 Å². The van der Waals surface area contributed by atoms with Crippen molar-refractivity contribution in [2.75, 3.05) is 23.7 Å². The average molecular weight is 639 g/mol. The fourth-order valence-electron chi connectivity index (χ4n) is 4.38. The number of hydrogen-bond acceptors (Lipinski definition) is 4. The van der Waals surface area contributed by atoms with Crippen molar-refractivity contribution in [1.29, 1.82) is 0 Å². The minimum absolute atomic E-state index is 0.00592. The van der Waals surface area contributed by atoms with Gasteiger partial charge in [0.25, 0.3) is 0 Å². The molecule has 41 heavy (non-hydrogen) atoms. The Bertz CT molecular complexity index is 1400. The topological polar surface area (TPSA) is 86.8 Å². The first-order valence-electron chi connectivity index (χ1n) is 13.3. The van der Waals surface area contributed by atoms with Gasteiger partial charge in [-0.2, -0.15) is 0 Å². The van der Waals surface area contributed by atoms with Gasteiger partial charge in [-0.05, 0) is 54.8 Å². The van der Waals surface area contributed by atoms with Crippen LogP contribution in [0.5, 0.6) is 0 Å². The number of anilines is 1. The number of hydrogen-bond donors (Lipinski definition) is 1. The lowest BCUT2D eigenvalue weighted by Gasteiger charge is -2.32. The Hall–Kier alpha value is -2.78. The van der Waals surface area contributed by atoms with Gasteiger partial charge in [-0.3, -0.25) is 13.9 Å². The van der Waals surface area contributed by atoms with Crippen LogP contribution in [0.4, 0.5) is 5.69 Å². The van der Waals surface area contributed by atoms with E-state index in [-0.39, 0.29) is 44.2 Å². The number of sulfonamides is 1. The monoisotopic (exact) mass is 637 g/mol. The van der Waals surface area contributed by atoms with E-state index < -0.39 is 16.1 Å². The Balaban J connectivity index is 1.91. The molecule has 0 saturated heterocycles. The van der Waals surface area contributed by atoms with Crippen LogP contribution in [0.2, 0.25) is 15.1 Å². The fourth-order valence-corrected chi connectivity index (χ4v) is 5.99. The first-order chi connectivity index (χ1) is 19.5. The molecular formula is C30H34Cl3N3O4S. The summed E-state index contributed by atoms with van der Waals surface area (Å²) in [6, 6.07) is 20.1. The van der Waals surface area contributed by atoms with Crippen molar-refractivity contribution in [3.8, 4) is 0 Å². The summed E-state index contributed by atoms with van der Waals surface area (Å²) >= 11 is 18.9. The highest BCUT2D eigenvalue weighted by molar-refractivity contribution is 7.92. The van der Waals surface area contributed by atoms with Crippen molar-refractivity contribution in [1.82, 2.24) is 10.2 Å². The molecule has 0 saturated carbocycles. The van der Waals surface area contributed by atoms with Gasteiger partial charge < -0.3 is 10.2 Å². The molecule has 0 aliphatic heterocycles. The molecule has 0 bridgehead atoms. The Labute approximate surface area is 257 Å². The Morgan fingerprint density at radius 2 is 1.54 bits per heavy atom. The Morgan fingerprint density at radius 1 is 0.902 bits per heavy atom. The number of halogens is 3. The number of nitrogens with one attached hydrogen (secondary N) is 1. The molecule has 0 aliphatic carbocycles. The molecule has 1 atom stereocenters. The van der Waals surface area contributed by atoms with Gasteiger partial charge in [0.15, 0.2) is 0 Å². The molecule has 0 radical (unpaired) electrons. The summed E-state index contributed by atoms with van der Waals surface area (Å²) in [6.45, 7) is 2.50. The summed E-state index contributed by atoms with van der Waals surface area (Å²) in [5, 5.41) is 4.18. The lowest BCUT2D eigenvalue weighted by molar-refractivity contribution is -0.141. The van der Waals surface area contributed by atoms with E-state index in [4.69, 9.17) is 34.8 Å². The zero-order valence-corrected chi connectivity index (χ0v) is 26.1. The number of rotatable bonds is 14. The quantitative estimate of drug-likeness (QED) is 0.223. The predicted molar refractivity (Wildman–Crippen MR) is 167 cm³/mol. The summed E-state index contributed by atoms with van der Waals surface area (Å²) in [5.74, 6) is -0.607. The highest BCUT2D eigenvalue weighted by Gasteiger charge is 2.31. The first-order valence-corrected chi connectivity index (χ1v) is 16.3. The molecule has 7 nitrogen and oxygen atoms in total. The summed E-state index contributed by atoms with van der Waals surface area (Å²) in [6.07, 6.45) is 2.34. The van der Waals surface area contributed by atoms with E-state index >= 15 is 0 Å². The summed E-state index contributed by atoms with van der Waals surface area (Å²) in [5.41, 5.74) is 1.87. The fraction of sp³-hybridized carbons (Fsp3) is 0.333. The van der Waals surface area contributed by atoms with Crippen LogP contribution in [0.1, 0.15) is 37.3 Å². The van der Waals surface area contributed by atoms with Gasteiger partial charge in [-0.15, -0.1) is 0 Å². The molecule has 0 heterocycles. The van der Waals surface area contributed by atoms with Crippen molar-refractivity contribution in [3.63, 3.8) is 0 Å². The minimum atomic E-state index is -3.62. The lowest BCUT2D eigenvalue weighted by atomic mass is 10.0. The van der Waals surface area contributed by atoms with Crippen LogP contribution in [0.25, 0.3) is 0 Å². The molecule has 1 unspecified atom stereocenters. The smallest absolute Gasteiger partial charge is 0.243 e. The van der Waals surface area contributed by atoms with Crippen LogP contribution < -0.4 is 9.62 Å². The van der Waals surface area contributed by atoms with Crippen molar-refractivity contribution in [3.05, 3.63) is 99.0 Å². The van der Waals surface area contributed by atoms with E-state index in [1.54, 1.807) is 42.5 Å². The molecule has 1 N–H and O–H groups in total. The van der Waals surface area contributed by atoms with Crippen LogP contribution in [-0.4, -0.2) is 50.5 Å². The number of benzene rings is 3. The summed E-state index contributed by atoms with van der Waals surface area (Å²) < 4.78 is 26.4. The second-order valence-corrected chi connectivity index (χ2v) is 12.8. The third-order valence-electron chi connectivity index (χ3n) is 6.48. The number of carbonyl (C=O) groups excluding carboxylic acids is 2. The molecule has 11 heteroatoms. The average Bonchev–Trinajstić information content (AvgIpc) is 2.93. The highest BCUT2D eigenvalue weighted by atomic mass is 35.5. The number of carbonyl (C=O) groups is 2. The second kappa shape index (κ2) is 15.4. The van der Waals surface area contributed by atoms with Crippen LogP contribution in [-0.2, 0) is 32.6 Å². The largest absolute Gasteiger partial charge is 0.354 e. The lowest BCUT2D eigenvalue weighted by Crippen LogP contribution is -2.50. The van der Waals surface area contributed by atoms with Gasteiger partial charge >= 0.3 is 0 Å². The molecule has 220 valence electrons. The second-order valence-electron chi connectivity index (χ2n) is 9.63. The maximum atomic E-state index is 13.9. The van der Waals surface area contributed by atoms with E-state index in [0.29, 0.717) is 32.9 Å². The van der Waals surface area contributed by atoms with E-state index in [0.717, 1.165) is 18.2 Å². The number of amides is 2. The molecule has 3 aromatic rings. The van der Waals surface area contributed by atoms with Crippen molar-refractivity contribution >= 4 is 62.3 Å². The van der Waals surface area contributed by atoms with Crippen LogP contribution in [0.3, 0.4) is 0 Å². The van der Waals surface area contributed by atoms with Crippen LogP contribution >= 0.6 is 34.8 Å². The normalized spacial score (nSPS) is 12.0. The molecule has 3 aromatic carbocycles. The molecule has 2 amide bonds. The molecule has 0 fully saturated rings. The summed E-state index contributed by atoms with van der Waals surface area (Å²) in [4.78, 5) is 28.8. The van der Waals surface area contributed by atoms with Crippen molar-refractivity contribution in [2.45, 2.75) is 45.2 Å². The zero-order valence-electron chi connectivity index (χ0n) is 23.0. The first kappa shape index (κ1) is 32.7. The SMILES string of the molecule is CCCNC(=O)C(Cc1ccccc1)N(Cc1c(Cl)cccc1Cl)C(=O)CCCN(c1ccc(Cl)cc1)S(C)(=O)=O. The molecular weight excluding hydrogens is 605 g/mol. The third kappa shape index (κ3) is 9.64. The standard InChI is InChI=1S/C30H34Cl3N3O4S/c1-3-18-34-30(38)28(20-22-9-5-4-6-10-22)35(21-25-26(32)11-7-12-27(25)33)29(37)13-8-19-36(41(2,39)40)24-16-14-23(31)15-17-24/h4-7,9-12,14-17,28H,3,8,13,18-21H2,1-2H3,(H,34,38). The van der Waals surface area contributed by atoms with Gasteiger partial charge in [0.1, 0.15) is 6.04 Å². The van der Waals surface area contributed by atoms with Crippen LogP contribution in [0, 0.1) is 0 Å². The maximum absolute atomic E-state index is 13.9. The molecule has 0 aromatic heterocycles. The third-order valence-corrected chi connectivity index (χ3v) is 8.63. The molecule has 0 spiro atoms. The molecule has 0 aliphatic rings. The van der Waals surface area contributed by atoms with Gasteiger partial charge in [-0.25, -0.2) is 8.42 Å². The van der Waals surface area contributed by atoms with Crippen LogP contribution in [0.15, 0.2) is 72.8 Å². The Morgan fingerprint density at radius 3 is 2.12 bits per heavy atom. The summed E-state index contributed by atoms with van der Waals surface area (Å²) in [7, 11) is -3.62. The Kier molecular flexibility index (Phi) is 12.3. The van der Waals surface area contributed by atoms with Gasteiger partial charge in [0.05, 0.1) is 11.9 Å². The minimum Gasteiger partial charge on any atom is -0.354 e. The van der Waals surface area contributed by atoms with E-state index in [1.807, 2.05) is 37.3 Å². The maximum Gasteiger partial charge on any atom is 0.243 e. The van der Waals surface area contributed by atoms with E-state index in [1.165, 1.54) is 9.21 Å². The van der Waals surface area contributed by atoms with E-state index in [9.17, 15) is 18.0 Å². The van der Waals surface area contributed by atoms with Gasteiger partial charge in [0, 0.05) is 53.1 Å². The van der Waals surface area contributed by atoms with E-state index in [2.05, 4.69) is 5.32 Å². The molecule has 3 rings (SSSR count). The number of nitrogens with zero attached hydrogens (tertiary/aromatic N) is 2. The zero-order chi connectivity index (χ0) is 30.0. The highest BCUT2D eigenvalue weighted by Crippen LogP contribution is 2.28. The van der Waals surface area contributed by atoms with Gasteiger partial charge in [-0.1, -0.05) is 78.1 Å². The van der Waals surface area contributed by atoms with Gasteiger partial charge in [0.2, 0.25) is 21.8 Å².